The number of aryl methyl sites for hydroxylation is 1. The number of hydrogen-bond acceptors (Lipinski definition) is 3. The molecule has 1 rings (SSSR count). The van der Waals surface area contributed by atoms with Gasteiger partial charge in [0.05, 0.1) is 12.8 Å². The normalized spacial score (nSPS) is 12.5. The van der Waals surface area contributed by atoms with Gasteiger partial charge in [-0.25, -0.2) is 0 Å². The molecular weight excluding hydrogens is 216 g/mol. The molecule has 1 N–H and O–H groups in total. The Labute approximate surface area is 103 Å². The summed E-state index contributed by atoms with van der Waals surface area (Å²) < 4.78 is 5.21. The number of nitrogens with one attached hydrogen (secondary N) is 1. The Balaban J connectivity index is 2.40. The molecule has 0 saturated carbocycles. The Bertz CT molecular complexity index is 360. The van der Waals surface area contributed by atoms with E-state index in [-0.39, 0.29) is 5.91 Å². The number of carbonyl (C=O) groups is 1. The summed E-state index contributed by atoms with van der Waals surface area (Å²) in [6, 6.07) is 2.28. The number of carbonyl (C=O) groups excluding carboxylic acids is 1. The Morgan fingerprint density at radius 1 is 1.59 bits per heavy atom. The molecule has 0 radical (unpaired) electrons. The second-order valence-corrected chi connectivity index (χ2v) is 4.44. The van der Waals surface area contributed by atoms with E-state index in [2.05, 4.69) is 19.2 Å². The third-order valence-corrected chi connectivity index (χ3v) is 3.01. The van der Waals surface area contributed by atoms with Crippen molar-refractivity contribution in [2.45, 2.75) is 39.8 Å². The van der Waals surface area contributed by atoms with E-state index >= 15 is 0 Å². The molecular formula is C13H22N2O2. The standard InChI is InChI=1S/C13H22N2O2/c1-5-10(2)14-8-13(16)15(4)9-12-6-7-17-11(12)3/h6-7,10,14H,5,8-9H2,1-4H3. The SMILES string of the molecule is CCC(C)NCC(=O)N(C)Cc1ccoc1C. The molecule has 1 aromatic rings. The van der Waals surface area contributed by atoms with Crippen LogP contribution in [0.2, 0.25) is 0 Å². The molecule has 0 spiro atoms. The average Bonchev–Trinajstić information content (AvgIpc) is 2.71. The predicted molar refractivity (Wildman–Crippen MR) is 67.7 cm³/mol. The molecule has 4 nitrogen and oxygen atoms in total. The summed E-state index contributed by atoms with van der Waals surface area (Å²) in [6.45, 7) is 7.07. The van der Waals surface area contributed by atoms with Crippen LogP contribution in [0.5, 0.6) is 0 Å². The highest BCUT2D eigenvalue weighted by Gasteiger charge is 2.12. The summed E-state index contributed by atoms with van der Waals surface area (Å²) in [4.78, 5) is 13.5. The second kappa shape index (κ2) is 6.45. The molecule has 1 atom stereocenters. The third-order valence-electron chi connectivity index (χ3n) is 3.01. The quantitative estimate of drug-likeness (QED) is 0.823. The Hall–Kier alpha value is -1.29. The lowest BCUT2D eigenvalue weighted by atomic mass is 10.2. The fraction of sp³-hybridized carbons (Fsp3) is 0.615. The maximum atomic E-state index is 11.8. The topological polar surface area (TPSA) is 45.5 Å². The van der Waals surface area contributed by atoms with Crippen LogP contribution in [0.4, 0.5) is 0 Å². The van der Waals surface area contributed by atoms with Crippen molar-refractivity contribution in [1.82, 2.24) is 10.2 Å². The molecule has 17 heavy (non-hydrogen) atoms. The highest BCUT2D eigenvalue weighted by Crippen LogP contribution is 2.10. The molecule has 0 aromatic carbocycles. The lowest BCUT2D eigenvalue weighted by Crippen LogP contribution is -2.38. The third kappa shape index (κ3) is 4.23. The molecule has 0 aliphatic rings. The van der Waals surface area contributed by atoms with Crippen molar-refractivity contribution < 1.29 is 9.21 Å². The molecule has 0 saturated heterocycles. The van der Waals surface area contributed by atoms with E-state index in [1.807, 2.05) is 20.0 Å². The molecule has 0 fully saturated rings. The second-order valence-electron chi connectivity index (χ2n) is 4.44. The summed E-state index contributed by atoms with van der Waals surface area (Å²) in [5.74, 6) is 0.977. The molecule has 1 heterocycles. The Morgan fingerprint density at radius 2 is 2.29 bits per heavy atom. The van der Waals surface area contributed by atoms with Crippen LogP contribution >= 0.6 is 0 Å². The lowest BCUT2D eigenvalue weighted by molar-refractivity contribution is -0.129. The summed E-state index contributed by atoms with van der Waals surface area (Å²) in [5.41, 5.74) is 1.06. The van der Waals surface area contributed by atoms with Crippen molar-refractivity contribution in [1.29, 1.82) is 0 Å². The number of likely N-dealkylation sites (N-methyl/N-ethyl adjacent to an activating group) is 1. The maximum absolute atomic E-state index is 11.8. The van der Waals surface area contributed by atoms with Gasteiger partial charge in [0.2, 0.25) is 5.91 Å². The van der Waals surface area contributed by atoms with Gasteiger partial charge in [0.15, 0.2) is 0 Å². The zero-order valence-corrected chi connectivity index (χ0v) is 11.1. The summed E-state index contributed by atoms with van der Waals surface area (Å²) in [7, 11) is 1.81. The smallest absolute Gasteiger partial charge is 0.236 e. The van der Waals surface area contributed by atoms with Crippen molar-refractivity contribution in [3.05, 3.63) is 23.7 Å². The average molecular weight is 238 g/mol. The van der Waals surface area contributed by atoms with E-state index in [1.54, 1.807) is 11.2 Å². The van der Waals surface area contributed by atoms with Gasteiger partial charge >= 0.3 is 0 Å². The van der Waals surface area contributed by atoms with Crippen LogP contribution in [-0.4, -0.2) is 30.4 Å². The molecule has 0 bridgehead atoms. The monoisotopic (exact) mass is 238 g/mol. The van der Waals surface area contributed by atoms with Crippen molar-refractivity contribution >= 4 is 5.91 Å². The van der Waals surface area contributed by atoms with Crippen LogP contribution in [0.25, 0.3) is 0 Å². The van der Waals surface area contributed by atoms with Crippen LogP contribution in [0.3, 0.4) is 0 Å². The first-order chi connectivity index (χ1) is 8.04. The Kier molecular flexibility index (Phi) is 5.22. The van der Waals surface area contributed by atoms with E-state index < -0.39 is 0 Å². The summed E-state index contributed by atoms with van der Waals surface area (Å²) in [6.07, 6.45) is 2.68. The van der Waals surface area contributed by atoms with Crippen LogP contribution in [0.15, 0.2) is 16.7 Å². The van der Waals surface area contributed by atoms with Crippen molar-refractivity contribution in [3.8, 4) is 0 Å². The van der Waals surface area contributed by atoms with E-state index in [0.717, 1.165) is 17.7 Å². The van der Waals surface area contributed by atoms with Gasteiger partial charge in [-0.1, -0.05) is 6.92 Å². The number of furan rings is 1. The first kappa shape index (κ1) is 13.8. The fourth-order valence-corrected chi connectivity index (χ4v) is 1.46. The van der Waals surface area contributed by atoms with E-state index in [1.165, 1.54) is 0 Å². The summed E-state index contributed by atoms with van der Waals surface area (Å²) in [5, 5.41) is 3.19. The first-order valence-corrected chi connectivity index (χ1v) is 6.05. The lowest BCUT2D eigenvalue weighted by Gasteiger charge is -2.18. The van der Waals surface area contributed by atoms with Crippen molar-refractivity contribution in [3.63, 3.8) is 0 Å². The van der Waals surface area contributed by atoms with Crippen molar-refractivity contribution in [2.24, 2.45) is 0 Å². The van der Waals surface area contributed by atoms with E-state index in [9.17, 15) is 4.79 Å². The minimum absolute atomic E-state index is 0.103. The minimum Gasteiger partial charge on any atom is -0.469 e. The van der Waals surface area contributed by atoms with Gasteiger partial charge < -0.3 is 14.6 Å². The fourth-order valence-electron chi connectivity index (χ4n) is 1.46. The Morgan fingerprint density at radius 3 is 2.82 bits per heavy atom. The molecule has 1 amide bonds. The van der Waals surface area contributed by atoms with Gasteiger partial charge in [-0.2, -0.15) is 0 Å². The van der Waals surface area contributed by atoms with Gasteiger partial charge in [0.25, 0.3) is 0 Å². The van der Waals surface area contributed by atoms with Gasteiger partial charge in [-0.05, 0) is 26.3 Å². The molecule has 1 unspecified atom stereocenters. The largest absolute Gasteiger partial charge is 0.469 e. The van der Waals surface area contributed by atoms with Crippen LogP contribution in [0, 0.1) is 6.92 Å². The van der Waals surface area contributed by atoms with Crippen LogP contribution in [-0.2, 0) is 11.3 Å². The van der Waals surface area contributed by atoms with Gasteiger partial charge in [0, 0.05) is 25.2 Å². The minimum atomic E-state index is 0.103. The highest BCUT2D eigenvalue weighted by molar-refractivity contribution is 5.78. The maximum Gasteiger partial charge on any atom is 0.236 e. The van der Waals surface area contributed by atoms with Crippen molar-refractivity contribution in [2.75, 3.05) is 13.6 Å². The number of rotatable bonds is 6. The van der Waals surface area contributed by atoms with Gasteiger partial charge in [-0.15, -0.1) is 0 Å². The van der Waals surface area contributed by atoms with E-state index in [0.29, 0.717) is 19.1 Å². The van der Waals surface area contributed by atoms with E-state index in [4.69, 9.17) is 4.42 Å². The number of amides is 1. The highest BCUT2D eigenvalue weighted by atomic mass is 16.3. The first-order valence-electron chi connectivity index (χ1n) is 6.05. The van der Waals surface area contributed by atoms with Crippen LogP contribution < -0.4 is 5.32 Å². The van der Waals surface area contributed by atoms with Crippen LogP contribution in [0.1, 0.15) is 31.6 Å². The number of hydrogen-bond donors (Lipinski definition) is 1. The van der Waals surface area contributed by atoms with Gasteiger partial charge in [-0.3, -0.25) is 4.79 Å². The van der Waals surface area contributed by atoms with Gasteiger partial charge in [0.1, 0.15) is 5.76 Å². The molecule has 4 heteroatoms. The summed E-state index contributed by atoms with van der Waals surface area (Å²) >= 11 is 0. The molecule has 0 aliphatic heterocycles. The molecule has 0 aliphatic carbocycles. The predicted octanol–water partition coefficient (Wildman–Crippen LogP) is 1.93. The molecule has 1 aromatic heterocycles. The number of nitrogens with zero attached hydrogens (tertiary/aromatic N) is 1. The molecule has 96 valence electrons. The zero-order chi connectivity index (χ0) is 12.8. The zero-order valence-electron chi connectivity index (χ0n) is 11.1.